The lowest BCUT2D eigenvalue weighted by atomic mass is 9.97. The second-order valence-electron chi connectivity index (χ2n) is 11.0. The predicted octanol–water partition coefficient (Wildman–Crippen LogP) is 5.07. The van der Waals surface area contributed by atoms with Gasteiger partial charge in [0.15, 0.2) is 0 Å². The highest BCUT2D eigenvalue weighted by molar-refractivity contribution is 5.98. The van der Waals surface area contributed by atoms with Gasteiger partial charge in [0.05, 0.1) is 0 Å². The molecular formula is C30H38N4O4. The molecule has 0 unspecified atom stereocenters. The number of carbonyl (C=O) groups is 2. The van der Waals surface area contributed by atoms with Crippen LogP contribution in [0.4, 0.5) is 0 Å². The molecule has 0 bridgehead atoms. The monoisotopic (exact) mass is 518 g/mol. The van der Waals surface area contributed by atoms with E-state index in [9.17, 15) is 20.1 Å². The van der Waals surface area contributed by atoms with E-state index in [1.807, 2.05) is 64.6 Å². The Labute approximate surface area is 226 Å². The standard InChI is InChI=1S/C30H38N4O4/c1-29(2,3)37-27(35)23(17-31)15-25(19-33(7)8)21-12-11-13-22(14-21)26(20-34(9)10)16-24(18-32)28(36)38-30(4,5)6/h11-16,19-20H,1-10H3/b23-15-,24-16-,25-19+,26-20+. The third kappa shape index (κ3) is 11.2. The van der Waals surface area contributed by atoms with Crippen molar-refractivity contribution in [2.45, 2.75) is 52.7 Å². The van der Waals surface area contributed by atoms with Gasteiger partial charge in [0.25, 0.3) is 0 Å². The molecule has 38 heavy (non-hydrogen) atoms. The van der Waals surface area contributed by atoms with Crippen LogP contribution in [0.3, 0.4) is 0 Å². The van der Waals surface area contributed by atoms with Gasteiger partial charge in [0.2, 0.25) is 0 Å². The van der Waals surface area contributed by atoms with Crippen molar-refractivity contribution in [2.75, 3.05) is 28.2 Å². The number of ether oxygens (including phenoxy) is 2. The fourth-order valence-corrected chi connectivity index (χ4v) is 3.08. The lowest BCUT2D eigenvalue weighted by Crippen LogP contribution is -2.24. The van der Waals surface area contributed by atoms with E-state index >= 15 is 0 Å². The van der Waals surface area contributed by atoms with Crippen LogP contribution in [0.1, 0.15) is 52.7 Å². The lowest BCUT2D eigenvalue weighted by molar-refractivity contribution is -0.150. The number of allylic oxidation sites excluding steroid dienone is 4. The number of rotatable bonds is 8. The Balaban J connectivity index is 3.68. The van der Waals surface area contributed by atoms with E-state index in [0.29, 0.717) is 22.3 Å². The van der Waals surface area contributed by atoms with Crippen LogP contribution >= 0.6 is 0 Å². The van der Waals surface area contributed by atoms with Crippen LogP contribution < -0.4 is 0 Å². The van der Waals surface area contributed by atoms with Crippen molar-refractivity contribution in [3.05, 3.63) is 71.1 Å². The SMILES string of the molecule is CN(C)/C=C(\C=C(\C#N)C(=O)OC(C)(C)C)c1cccc(C(/C=C(/C#N)C(=O)OC(C)(C)C)=C/N(C)C)c1. The summed E-state index contributed by atoms with van der Waals surface area (Å²) in [6, 6.07) is 11.2. The average Bonchev–Trinajstić information content (AvgIpc) is 2.76. The predicted molar refractivity (Wildman–Crippen MR) is 149 cm³/mol. The average molecular weight is 519 g/mol. The molecule has 0 saturated heterocycles. The molecule has 0 aliphatic rings. The first-order valence-electron chi connectivity index (χ1n) is 12.0. The smallest absolute Gasteiger partial charge is 0.349 e. The number of hydrogen-bond donors (Lipinski definition) is 0. The maximum absolute atomic E-state index is 12.6. The molecule has 0 aliphatic heterocycles. The molecule has 202 valence electrons. The van der Waals surface area contributed by atoms with Crippen molar-refractivity contribution in [2.24, 2.45) is 0 Å². The van der Waals surface area contributed by atoms with Gasteiger partial charge in [-0.3, -0.25) is 0 Å². The van der Waals surface area contributed by atoms with E-state index in [2.05, 4.69) is 0 Å². The van der Waals surface area contributed by atoms with Gasteiger partial charge in [0.1, 0.15) is 34.5 Å². The minimum Gasteiger partial charge on any atom is -0.456 e. The summed E-state index contributed by atoms with van der Waals surface area (Å²) in [4.78, 5) is 28.8. The first-order valence-corrected chi connectivity index (χ1v) is 12.0. The lowest BCUT2D eigenvalue weighted by Gasteiger charge is -2.19. The van der Waals surface area contributed by atoms with Crippen molar-refractivity contribution in [3.8, 4) is 12.1 Å². The summed E-state index contributed by atoms with van der Waals surface area (Å²) in [6.07, 6.45) is 6.54. The van der Waals surface area contributed by atoms with Gasteiger partial charge >= 0.3 is 11.9 Å². The maximum Gasteiger partial charge on any atom is 0.349 e. The van der Waals surface area contributed by atoms with E-state index < -0.39 is 23.1 Å². The summed E-state index contributed by atoms with van der Waals surface area (Å²) in [5.41, 5.74) is 0.841. The first-order chi connectivity index (χ1) is 17.5. The summed E-state index contributed by atoms with van der Waals surface area (Å²) in [7, 11) is 7.32. The molecule has 1 aromatic carbocycles. The number of carbonyl (C=O) groups excluding carboxylic acids is 2. The van der Waals surface area contributed by atoms with Crippen molar-refractivity contribution >= 4 is 23.1 Å². The van der Waals surface area contributed by atoms with Crippen LogP contribution in [0.15, 0.2) is 60.0 Å². The van der Waals surface area contributed by atoms with E-state index in [1.165, 1.54) is 12.2 Å². The molecule has 1 rings (SSSR count). The Morgan fingerprint density at radius 2 is 1.08 bits per heavy atom. The van der Waals surface area contributed by atoms with Crippen molar-refractivity contribution in [1.29, 1.82) is 10.5 Å². The van der Waals surface area contributed by atoms with Gasteiger partial charge < -0.3 is 19.3 Å². The molecule has 0 spiro atoms. The Kier molecular flexibility index (Phi) is 11.1. The number of nitrogens with zero attached hydrogens (tertiary/aromatic N) is 4. The van der Waals surface area contributed by atoms with E-state index in [0.717, 1.165) is 0 Å². The van der Waals surface area contributed by atoms with Crippen LogP contribution in [-0.2, 0) is 19.1 Å². The molecular weight excluding hydrogens is 480 g/mol. The highest BCUT2D eigenvalue weighted by atomic mass is 16.6. The largest absolute Gasteiger partial charge is 0.456 e. The molecule has 8 nitrogen and oxygen atoms in total. The molecule has 1 aromatic rings. The highest BCUT2D eigenvalue weighted by Crippen LogP contribution is 2.26. The number of nitriles is 2. The minimum absolute atomic E-state index is 0.140. The van der Waals surface area contributed by atoms with E-state index in [4.69, 9.17) is 9.47 Å². The van der Waals surface area contributed by atoms with Gasteiger partial charge in [-0.1, -0.05) is 18.2 Å². The fraction of sp³-hybridized carbons (Fsp3) is 0.400. The molecule has 0 radical (unpaired) electrons. The van der Waals surface area contributed by atoms with Gasteiger partial charge in [-0.2, -0.15) is 10.5 Å². The molecule has 0 amide bonds. The quantitative estimate of drug-likeness (QED) is 0.203. The molecule has 0 atom stereocenters. The summed E-state index contributed by atoms with van der Waals surface area (Å²) >= 11 is 0. The molecule has 0 fully saturated rings. The molecule has 0 aliphatic carbocycles. The van der Waals surface area contributed by atoms with Crippen LogP contribution in [-0.4, -0.2) is 61.1 Å². The van der Waals surface area contributed by atoms with Gasteiger partial charge in [-0.15, -0.1) is 0 Å². The number of esters is 2. The maximum atomic E-state index is 12.6. The van der Waals surface area contributed by atoms with Crippen LogP contribution in [0.5, 0.6) is 0 Å². The van der Waals surface area contributed by atoms with Crippen molar-refractivity contribution in [1.82, 2.24) is 9.80 Å². The van der Waals surface area contributed by atoms with Gasteiger partial charge in [-0.25, -0.2) is 9.59 Å². The molecule has 0 aromatic heterocycles. The van der Waals surface area contributed by atoms with Crippen molar-refractivity contribution < 1.29 is 19.1 Å². The summed E-state index contributed by atoms with van der Waals surface area (Å²) < 4.78 is 10.8. The zero-order valence-electron chi connectivity index (χ0n) is 24.0. The van der Waals surface area contributed by atoms with Crippen LogP contribution in [0.2, 0.25) is 0 Å². The van der Waals surface area contributed by atoms with Crippen LogP contribution in [0.25, 0.3) is 11.1 Å². The van der Waals surface area contributed by atoms with E-state index in [-0.39, 0.29) is 11.1 Å². The Morgan fingerprint density at radius 3 is 1.34 bits per heavy atom. The zero-order valence-corrected chi connectivity index (χ0v) is 24.0. The Morgan fingerprint density at radius 1 is 0.737 bits per heavy atom. The molecule has 0 heterocycles. The topological polar surface area (TPSA) is 107 Å². The second-order valence-corrected chi connectivity index (χ2v) is 11.0. The number of benzene rings is 1. The number of hydrogen-bond acceptors (Lipinski definition) is 8. The summed E-state index contributed by atoms with van der Waals surface area (Å²) in [5.74, 6) is -1.43. The third-order valence-electron chi connectivity index (χ3n) is 4.40. The summed E-state index contributed by atoms with van der Waals surface area (Å²) in [5, 5.41) is 19.3. The highest BCUT2D eigenvalue weighted by Gasteiger charge is 2.22. The second kappa shape index (κ2) is 13.3. The molecule has 0 saturated carbocycles. The van der Waals surface area contributed by atoms with Crippen LogP contribution in [0, 0.1) is 22.7 Å². The van der Waals surface area contributed by atoms with Gasteiger partial charge in [0, 0.05) is 40.6 Å². The molecule has 8 heteroatoms. The van der Waals surface area contributed by atoms with E-state index in [1.54, 1.807) is 63.7 Å². The first kappa shape index (κ1) is 31.7. The third-order valence-corrected chi connectivity index (χ3v) is 4.40. The molecule has 0 N–H and O–H groups in total. The van der Waals surface area contributed by atoms with Gasteiger partial charge in [-0.05, 0) is 82.0 Å². The fourth-order valence-electron chi connectivity index (χ4n) is 3.08. The minimum atomic E-state index is -0.747. The van der Waals surface area contributed by atoms with Crippen molar-refractivity contribution in [3.63, 3.8) is 0 Å². The Bertz CT molecular complexity index is 1150. The summed E-state index contributed by atoms with van der Waals surface area (Å²) in [6.45, 7) is 10.4. The zero-order chi connectivity index (χ0) is 29.3. The Hall–Kier alpha value is -4.30. The normalized spacial score (nSPS) is 13.3.